The van der Waals surface area contributed by atoms with Crippen molar-refractivity contribution in [2.75, 3.05) is 6.61 Å². The van der Waals surface area contributed by atoms with Gasteiger partial charge in [-0.15, -0.1) is 0 Å². The Labute approximate surface area is 314 Å². The molecule has 3 heterocycles. The average molecular weight is 793 g/mol. The molecule has 292 valence electrons. The lowest BCUT2D eigenvalue weighted by molar-refractivity contribution is -0.164. The lowest BCUT2D eigenvalue weighted by Gasteiger charge is -2.35. The molecule has 0 spiro atoms. The van der Waals surface area contributed by atoms with Gasteiger partial charge in [-0.25, -0.2) is 32.6 Å². The minimum absolute atomic E-state index is 0.00256. The second kappa shape index (κ2) is 13.5. The lowest BCUT2D eigenvalue weighted by Crippen LogP contribution is -2.50. The van der Waals surface area contributed by atoms with Gasteiger partial charge in [-0.2, -0.15) is 33.3 Å². The van der Waals surface area contributed by atoms with Crippen molar-refractivity contribution in [1.82, 2.24) is 40.0 Å². The van der Waals surface area contributed by atoms with Crippen molar-refractivity contribution in [1.29, 1.82) is 0 Å². The molecule has 13 nitrogen and oxygen atoms in total. The Morgan fingerprint density at radius 1 is 1.11 bits per heavy atom. The summed E-state index contributed by atoms with van der Waals surface area (Å²) in [6, 6.07) is 6.87. The number of nitrogens with zero attached hydrogens (tertiary/aromatic N) is 8. The van der Waals surface area contributed by atoms with Crippen molar-refractivity contribution in [3.05, 3.63) is 76.7 Å². The number of nitrogens with one attached hydrogen (secondary N) is 1. The van der Waals surface area contributed by atoms with Crippen LogP contribution in [-0.2, 0) is 15.1 Å². The van der Waals surface area contributed by atoms with Crippen LogP contribution in [-0.4, -0.2) is 70.9 Å². The van der Waals surface area contributed by atoms with Crippen molar-refractivity contribution < 1.29 is 40.7 Å². The maximum absolute atomic E-state index is 16.0. The van der Waals surface area contributed by atoms with Gasteiger partial charge in [0.05, 0.1) is 29.0 Å². The smallest absolute Gasteiger partial charge is 0.411 e. The van der Waals surface area contributed by atoms with Gasteiger partial charge in [-0.1, -0.05) is 44.5 Å². The number of ether oxygens (including phenoxy) is 1. The highest BCUT2D eigenvalue weighted by Crippen LogP contribution is 2.49. The third kappa shape index (κ3) is 7.20. The van der Waals surface area contributed by atoms with E-state index in [0.717, 1.165) is 34.8 Å². The van der Waals surface area contributed by atoms with E-state index in [1.165, 1.54) is 41.3 Å². The van der Waals surface area contributed by atoms with E-state index in [-0.39, 0.29) is 64.4 Å². The maximum Gasteiger partial charge on any atom is 0.411 e. The fraction of sp³-hybridized carbons (Fsp3) is 0.457. The first kappa shape index (κ1) is 38.1. The van der Waals surface area contributed by atoms with Crippen molar-refractivity contribution in [3.8, 4) is 16.9 Å². The minimum atomic E-state index is -4.75. The van der Waals surface area contributed by atoms with Gasteiger partial charge >= 0.3 is 12.3 Å². The molecule has 0 bridgehead atoms. The topological polar surface area (TPSA) is 158 Å². The number of guanidine groups is 1. The molecule has 3 aliphatic rings. The SMILES string of the molecule is CC(C)(C)C[C@]1(c2ccc(-c3cnn(C4CC4)n3)c(F)c2)N=C(N)N(C(COC(=O)NC2(C(F)(F)F)CC2)c2ccc(Cl)c(-n3ncnc3C(F)F)c2)C1=O. The Morgan fingerprint density at radius 3 is 2.45 bits per heavy atom. The van der Waals surface area contributed by atoms with Crippen LogP contribution in [0.1, 0.15) is 88.3 Å². The number of alkyl halides is 5. The predicted molar refractivity (Wildman–Crippen MR) is 184 cm³/mol. The molecule has 2 atom stereocenters. The van der Waals surface area contributed by atoms with Crippen LogP contribution in [0.3, 0.4) is 0 Å². The van der Waals surface area contributed by atoms with Gasteiger partial charge in [0, 0.05) is 5.56 Å². The zero-order chi connectivity index (χ0) is 39.7. The summed E-state index contributed by atoms with van der Waals surface area (Å²) in [6.07, 6.45) is -5.77. The summed E-state index contributed by atoms with van der Waals surface area (Å²) in [5.74, 6) is -2.63. The van der Waals surface area contributed by atoms with E-state index in [9.17, 15) is 31.5 Å². The number of benzene rings is 2. The first-order valence-electron chi connectivity index (χ1n) is 17.2. The number of hydrogen-bond acceptors (Lipinski definition) is 9. The van der Waals surface area contributed by atoms with Crippen LogP contribution in [0.5, 0.6) is 0 Å². The molecule has 1 aliphatic heterocycles. The van der Waals surface area contributed by atoms with E-state index >= 15 is 4.39 Å². The normalized spacial score (nSPS) is 20.2. The summed E-state index contributed by atoms with van der Waals surface area (Å²) in [5.41, 5.74) is 2.14. The lowest BCUT2D eigenvalue weighted by atomic mass is 9.75. The van der Waals surface area contributed by atoms with Gasteiger partial charge in [0.1, 0.15) is 30.0 Å². The average Bonchev–Trinajstić information content (AvgIpc) is 3.97. The number of aromatic nitrogens is 6. The van der Waals surface area contributed by atoms with Gasteiger partial charge in [0.2, 0.25) is 0 Å². The predicted octanol–water partition coefficient (Wildman–Crippen LogP) is 6.94. The van der Waals surface area contributed by atoms with E-state index in [1.54, 1.807) is 0 Å². The largest absolute Gasteiger partial charge is 0.447 e. The molecule has 55 heavy (non-hydrogen) atoms. The Kier molecular flexibility index (Phi) is 9.37. The number of carbonyl (C=O) groups excluding carboxylic acids is 2. The van der Waals surface area contributed by atoms with Crippen molar-refractivity contribution >= 4 is 29.6 Å². The third-order valence-corrected chi connectivity index (χ3v) is 10.0. The van der Waals surface area contributed by atoms with Crippen LogP contribution in [0.25, 0.3) is 16.9 Å². The Morgan fingerprint density at radius 2 is 1.84 bits per heavy atom. The van der Waals surface area contributed by atoms with Crippen LogP contribution in [0.4, 0.5) is 31.1 Å². The van der Waals surface area contributed by atoms with E-state index in [0.29, 0.717) is 0 Å². The zero-order valence-electron chi connectivity index (χ0n) is 29.6. The monoisotopic (exact) mass is 792 g/mol. The molecule has 4 aromatic rings. The highest BCUT2D eigenvalue weighted by molar-refractivity contribution is 6.32. The molecule has 1 unspecified atom stereocenters. The highest BCUT2D eigenvalue weighted by Gasteiger charge is 2.64. The highest BCUT2D eigenvalue weighted by atomic mass is 35.5. The molecule has 2 saturated carbocycles. The number of aliphatic imine (C=N–C) groups is 1. The minimum Gasteiger partial charge on any atom is -0.447 e. The number of alkyl carbamates (subject to hydrolysis) is 1. The number of carbonyl (C=O) groups is 2. The van der Waals surface area contributed by atoms with Crippen LogP contribution < -0.4 is 11.1 Å². The van der Waals surface area contributed by atoms with Crippen LogP contribution in [0, 0.1) is 11.2 Å². The third-order valence-electron chi connectivity index (χ3n) is 9.69. The van der Waals surface area contributed by atoms with Gasteiger partial charge in [-0.05, 0) is 72.9 Å². The van der Waals surface area contributed by atoms with Gasteiger partial charge in [-0.3, -0.25) is 9.69 Å². The Balaban J connectivity index is 1.28. The summed E-state index contributed by atoms with van der Waals surface area (Å²) in [5, 5.41) is 14.3. The summed E-state index contributed by atoms with van der Waals surface area (Å²) >= 11 is 6.42. The molecule has 7 rings (SSSR count). The number of amides is 2. The molecule has 2 amide bonds. The quantitative estimate of drug-likeness (QED) is 0.155. The summed E-state index contributed by atoms with van der Waals surface area (Å²) in [7, 11) is 0. The Bertz CT molecular complexity index is 2180. The van der Waals surface area contributed by atoms with Gasteiger partial charge in [0.25, 0.3) is 12.3 Å². The van der Waals surface area contributed by atoms with E-state index in [1.807, 2.05) is 26.1 Å². The molecule has 2 aromatic carbocycles. The fourth-order valence-corrected chi connectivity index (χ4v) is 6.93. The van der Waals surface area contributed by atoms with E-state index < -0.39 is 65.4 Å². The molecule has 2 fully saturated rings. The number of rotatable bonds is 11. The number of nitrogens with two attached hydrogens (primary N) is 1. The number of hydrogen-bond donors (Lipinski definition) is 2. The zero-order valence-corrected chi connectivity index (χ0v) is 30.4. The first-order chi connectivity index (χ1) is 25.8. The molecule has 2 aliphatic carbocycles. The van der Waals surface area contributed by atoms with E-state index in [2.05, 4.69) is 25.3 Å². The van der Waals surface area contributed by atoms with Gasteiger partial charge < -0.3 is 15.8 Å². The van der Waals surface area contributed by atoms with Crippen molar-refractivity contribution in [3.63, 3.8) is 0 Å². The molecular weight excluding hydrogens is 758 g/mol. The van der Waals surface area contributed by atoms with Crippen LogP contribution >= 0.6 is 11.6 Å². The second-order valence-corrected chi connectivity index (χ2v) is 15.5. The second-order valence-electron chi connectivity index (χ2n) is 15.1. The van der Waals surface area contributed by atoms with Crippen LogP contribution in [0.15, 0.2) is 53.9 Å². The summed E-state index contributed by atoms with van der Waals surface area (Å²) < 4.78 is 90.8. The number of halogens is 7. The molecule has 0 radical (unpaired) electrons. The summed E-state index contributed by atoms with van der Waals surface area (Å²) in [4.78, 5) is 38.6. The molecule has 20 heteroatoms. The Hall–Kier alpha value is -5.20. The maximum atomic E-state index is 16.0. The molecule has 0 saturated heterocycles. The van der Waals surface area contributed by atoms with Gasteiger partial charge in [0.15, 0.2) is 17.3 Å². The van der Waals surface area contributed by atoms with Crippen LogP contribution in [0.2, 0.25) is 5.02 Å². The van der Waals surface area contributed by atoms with E-state index in [4.69, 9.17) is 22.1 Å². The molecule has 3 N–H and O–H groups in total. The van der Waals surface area contributed by atoms with Crippen molar-refractivity contribution in [2.24, 2.45) is 16.1 Å². The standard InChI is InChI=1S/C35H35ClF6N10O3/c1-32(2,3)16-34(19-5-8-21(23(37)13-19)24-14-45-52(49-24)20-6-7-20)29(53)50(30(43)47-34)26(15-55-31(54)48-33(10-11-33)35(40,41)42)18-4-9-22(36)25(12-18)51-28(27(38)39)44-17-46-51/h4-5,8-9,12-14,17,20,26-27H,6-7,10-11,15-16H2,1-3H3,(H2,43,47)(H,48,54)/t26?,34-/m1/s1. The summed E-state index contributed by atoms with van der Waals surface area (Å²) in [6.45, 7) is 4.72. The molecular formula is C35H35ClF6N10O3. The fourth-order valence-electron chi connectivity index (χ4n) is 6.73. The first-order valence-corrected chi connectivity index (χ1v) is 17.6. The molecule has 2 aromatic heterocycles. The van der Waals surface area contributed by atoms with Crippen molar-refractivity contribution in [2.45, 2.75) is 88.6 Å².